The molecule has 7 nitrogen and oxygen atoms in total. The number of aromatic nitrogens is 1. The number of nitrogens with one attached hydrogen (secondary N) is 1. The highest BCUT2D eigenvalue weighted by molar-refractivity contribution is 7.92. The number of ether oxygens (including phenoxy) is 1. The van der Waals surface area contributed by atoms with Gasteiger partial charge in [-0.2, -0.15) is 8.42 Å². The van der Waals surface area contributed by atoms with Crippen molar-refractivity contribution in [1.82, 2.24) is 4.98 Å². The van der Waals surface area contributed by atoms with E-state index < -0.39 is 16.0 Å². The van der Waals surface area contributed by atoms with Gasteiger partial charge in [-0.25, -0.2) is 9.78 Å². The molecule has 2 N–H and O–H groups in total. The first-order chi connectivity index (χ1) is 17.8. The van der Waals surface area contributed by atoms with Crippen LogP contribution in [0, 0.1) is 5.92 Å². The van der Waals surface area contributed by atoms with Gasteiger partial charge in [0.25, 0.3) is 10.0 Å². The maximum Gasteiger partial charge on any atom is 0.335 e. The molecule has 1 saturated carbocycles. The smallest absolute Gasteiger partial charge is 0.335 e. The minimum absolute atomic E-state index is 0.000734. The summed E-state index contributed by atoms with van der Waals surface area (Å²) in [5, 5.41) is 11.2. The van der Waals surface area contributed by atoms with Crippen LogP contribution in [-0.2, 0) is 10.0 Å². The van der Waals surface area contributed by atoms with Gasteiger partial charge in [0.1, 0.15) is 10.8 Å². The van der Waals surface area contributed by atoms with Crippen LogP contribution in [0.25, 0.3) is 10.6 Å². The van der Waals surface area contributed by atoms with Crippen molar-refractivity contribution in [1.29, 1.82) is 0 Å². The Morgan fingerprint density at radius 1 is 1.11 bits per heavy atom. The van der Waals surface area contributed by atoms with Crippen molar-refractivity contribution in [2.75, 3.05) is 11.8 Å². The Morgan fingerprint density at radius 3 is 2.49 bits per heavy atom. The topological polar surface area (TPSA) is 106 Å². The lowest BCUT2D eigenvalue weighted by molar-refractivity contribution is 0.0696. The lowest BCUT2D eigenvalue weighted by atomic mass is 9.77. The lowest BCUT2D eigenvalue weighted by Crippen LogP contribution is -2.14. The van der Waals surface area contributed by atoms with Gasteiger partial charge in [0.05, 0.1) is 18.4 Å². The van der Waals surface area contributed by atoms with Crippen LogP contribution in [0.2, 0.25) is 0 Å². The average Bonchev–Trinajstić information content (AvgIpc) is 3.41. The molecule has 2 aromatic carbocycles. The molecule has 0 saturated heterocycles. The molecule has 1 aliphatic carbocycles. The van der Waals surface area contributed by atoms with Gasteiger partial charge in [-0.05, 0) is 61.3 Å². The summed E-state index contributed by atoms with van der Waals surface area (Å²) >= 11 is 1.27. The van der Waals surface area contributed by atoms with E-state index >= 15 is 0 Å². The third kappa shape index (κ3) is 6.70. The molecular weight excluding hydrogens is 508 g/mol. The van der Waals surface area contributed by atoms with Gasteiger partial charge in [0.15, 0.2) is 5.03 Å². The van der Waals surface area contributed by atoms with Crippen molar-refractivity contribution in [3.63, 3.8) is 0 Å². The van der Waals surface area contributed by atoms with Gasteiger partial charge >= 0.3 is 5.97 Å². The summed E-state index contributed by atoms with van der Waals surface area (Å²) in [6.45, 7) is 2.25. The number of methoxy groups -OCH3 is 1. The second-order valence-corrected chi connectivity index (χ2v) is 12.1. The largest absolute Gasteiger partial charge is 0.495 e. The Hall–Kier alpha value is -2.91. The maximum absolute atomic E-state index is 13.0. The first-order valence-corrected chi connectivity index (χ1v) is 15.2. The second-order valence-electron chi connectivity index (χ2n) is 9.65. The molecule has 37 heavy (non-hydrogen) atoms. The average molecular weight is 543 g/mol. The SMILES string of the molecule is CCCCCC1CCC(c2ccc(-c3nc(S(=O)(=O)Nc4ccc(C(=O)O)cc4OC)cs3)cc2)CC1. The molecule has 0 unspecified atom stereocenters. The molecule has 9 heteroatoms. The highest BCUT2D eigenvalue weighted by atomic mass is 32.2. The van der Waals surface area contributed by atoms with Gasteiger partial charge in [0.2, 0.25) is 0 Å². The van der Waals surface area contributed by atoms with Crippen molar-refractivity contribution in [2.45, 2.75) is 69.2 Å². The van der Waals surface area contributed by atoms with E-state index in [9.17, 15) is 13.2 Å². The summed E-state index contributed by atoms with van der Waals surface area (Å²) in [6.07, 6.45) is 10.4. The quantitative estimate of drug-likeness (QED) is 0.249. The number of hydrogen-bond acceptors (Lipinski definition) is 6. The monoisotopic (exact) mass is 542 g/mol. The molecule has 198 valence electrons. The molecule has 4 rings (SSSR count). The Balaban J connectivity index is 1.41. The number of thiazole rings is 1. The number of carboxylic acid groups (broad SMARTS) is 1. The van der Waals surface area contributed by atoms with E-state index in [1.165, 1.54) is 99.0 Å². The maximum atomic E-state index is 13.0. The number of benzene rings is 2. The molecule has 0 atom stereocenters. The first kappa shape index (κ1) is 27.1. The van der Waals surface area contributed by atoms with Gasteiger partial charge in [-0.15, -0.1) is 11.3 Å². The first-order valence-electron chi connectivity index (χ1n) is 12.8. The zero-order chi connectivity index (χ0) is 26.4. The molecule has 0 amide bonds. The second kappa shape index (κ2) is 12.1. The molecule has 0 spiro atoms. The molecular formula is C28H34N2O5S2. The van der Waals surface area contributed by atoms with Crippen molar-refractivity contribution < 1.29 is 23.1 Å². The normalized spacial score (nSPS) is 17.9. The standard InChI is InChI=1S/C28H34N2O5S2/c1-3-4-5-6-19-7-9-20(10-8-19)21-11-13-22(14-12-21)27-29-26(18-36-27)37(33,34)30-24-16-15-23(28(31)32)17-25(24)35-2/h11-20,30H,3-10H2,1-2H3,(H,31,32). The number of sulfonamides is 1. The third-order valence-electron chi connectivity index (χ3n) is 7.14. The number of nitrogens with zero attached hydrogens (tertiary/aromatic N) is 1. The summed E-state index contributed by atoms with van der Waals surface area (Å²) in [6, 6.07) is 12.3. The Bertz CT molecular complexity index is 1310. The molecule has 1 heterocycles. The molecule has 0 bridgehead atoms. The van der Waals surface area contributed by atoms with Crippen LogP contribution in [0.15, 0.2) is 52.9 Å². The number of anilines is 1. The van der Waals surface area contributed by atoms with Crippen LogP contribution in [0.5, 0.6) is 5.75 Å². The van der Waals surface area contributed by atoms with Crippen LogP contribution in [0.3, 0.4) is 0 Å². The minimum atomic E-state index is -3.98. The van der Waals surface area contributed by atoms with Crippen molar-refractivity contribution in [2.24, 2.45) is 5.92 Å². The van der Waals surface area contributed by atoms with Gasteiger partial charge in [-0.1, -0.05) is 56.9 Å². The van der Waals surface area contributed by atoms with Crippen LogP contribution in [-0.4, -0.2) is 31.6 Å². The zero-order valence-corrected chi connectivity index (χ0v) is 22.9. The minimum Gasteiger partial charge on any atom is -0.495 e. The Morgan fingerprint density at radius 2 is 1.84 bits per heavy atom. The highest BCUT2D eigenvalue weighted by Gasteiger charge is 2.23. The number of carbonyl (C=O) groups is 1. The van der Waals surface area contributed by atoms with Crippen LogP contribution < -0.4 is 9.46 Å². The third-order valence-corrected chi connectivity index (χ3v) is 9.43. The van der Waals surface area contributed by atoms with E-state index in [1.54, 1.807) is 0 Å². The fourth-order valence-corrected chi connectivity index (χ4v) is 7.16. The summed E-state index contributed by atoms with van der Waals surface area (Å²) in [4.78, 5) is 15.6. The summed E-state index contributed by atoms with van der Waals surface area (Å²) in [5.41, 5.74) is 2.37. The number of unbranched alkanes of at least 4 members (excludes halogenated alkanes) is 2. The molecule has 1 aromatic heterocycles. The predicted molar refractivity (Wildman–Crippen MR) is 147 cm³/mol. The molecule has 3 aromatic rings. The van der Waals surface area contributed by atoms with E-state index in [1.807, 2.05) is 12.1 Å². The van der Waals surface area contributed by atoms with Gasteiger partial charge < -0.3 is 9.84 Å². The van der Waals surface area contributed by atoms with Crippen LogP contribution in [0.4, 0.5) is 5.69 Å². The van der Waals surface area contributed by atoms with Crippen LogP contribution >= 0.6 is 11.3 Å². The number of carboxylic acids is 1. The Kier molecular flexibility index (Phi) is 8.87. The predicted octanol–water partition coefficient (Wildman–Crippen LogP) is 7.17. The van der Waals surface area contributed by atoms with Gasteiger partial charge in [-0.3, -0.25) is 4.72 Å². The number of aromatic carboxylic acids is 1. The van der Waals surface area contributed by atoms with E-state index in [4.69, 9.17) is 9.84 Å². The summed E-state index contributed by atoms with van der Waals surface area (Å²) in [7, 11) is -2.63. The lowest BCUT2D eigenvalue weighted by Gasteiger charge is -2.29. The molecule has 1 aliphatic rings. The van der Waals surface area contributed by atoms with E-state index in [0.29, 0.717) is 10.9 Å². The van der Waals surface area contributed by atoms with Gasteiger partial charge in [0, 0.05) is 10.9 Å². The van der Waals surface area contributed by atoms with E-state index in [2.05, 4.69) is 28.8 Å². The van der Waals surface area contributed by atoms with Crippen molar-refractivity contribution >= 4 is 33.0 Å². The van der Waals surface area contributed by atoms with Crippen LogP contribution in [0.1, 0.15) is 80.1 Å². The summed E-state index contributed by atoms with van der Waals surface area (Å²) in [5.74, 6) is 0.458. The summed E-state index contributed by atoms with van der Waals surface area (Å²) < 4.78 is 33.6. The van der Waals surface area contributed by atoms with E-state index in [0.717, 1.165) is 11.5 Å². The number of rotatable bonds is 11. The zero-order valence-electron chi connectivity index (χ0n) is 21.3. The molecule has 0 radical (unpaired) electrons. The Labute approximate surface area is 223 Å². The van der Waals surface area contributed by atoms with Crippen molar-refractivity contribution in [3.8, 4) is 16.3 Å². The number of hydrogen-bond donors (Lipinski definition) is 2. The van der Waals surface area contributed by atoms with E-state index in [-0.39, 0.29) is 22.0 Å². The molecule has 0 aliphatic heterocycles. The molecule has 1 fully saturated rings. The fraction of sp³-hybridized carbons (Fsp3) is 0.429. The highest BCUT2D eigenvalue weighted by Crippen LogP contribution is 2.38. The fourth-order valence-electron chi connectivity index (χ4n) is 4.99. The van der Waals surface area contributed by atoms with Crippen molar-refractivity contribution in [3.05, 3.63) is 59.0 Å².